The SMILES string of the molecule is Cc1[nH]nc(C(=O)N[C@H](C)C(=O)O)c1[N+](=O)[O-]. The summed E-state index contributed by atoms with van der Waals surface area (Å²) in [6.45, 7) is 2.63. The van der Waals surface area contributed by atoms with Gasteiger partial charge in [0, 0.05) is 0 Å². The molecule has 0 saturated heterocycles. The fraction of sp³-hybridized carbons (Fsp3) is 0.375. The van der Waals surface area contributed by atoms with Gasteiger partial charge >= 0.3 is 11.7 Å². The lowest BCUT2D eigenvalue weighted by atomic mass is 10.2. The van der Waals surface area contributed by atoms with Gasteiger partial charge in [-0.05, 0) is 13.8 Å². The number of carboxylic acid groups (broad SMARTS) is 1. The lowest BCUT2D eigenvalue weighted by Gasteiger charge is -2.06. The van der Waals surface area contributed by atoms with E-state index in [1.807, 2.05) is 0 Å². The number of carbonyl (C=O) groups excluding carboxylic acids is 1. The second-order valence-corrected chi connectivity index (χ2v) is 3.34. The van der Waals surface area contributed by atoms with Crippen LogP contribution in [0.2, 0.25) is 0 Å². The van der Waals surface area contributed by atoms with Crippen molar-refractivity contribution < 1.29 is 19.6 Å². The van der Waals surface area contributed by atoms with Crippen LogP contribution in [0.25, 0.3) is 0 Å². The normalized spacial score (nSPS) is 11.9. The number of nitrogens with one attached hydrogen (secondary N) is 2. The van der Waals surface area contributed by atoms with Crippen LogP contribution in [0, 0.1) is 17.0 Å². The van der Waals surface area contributed by atoms with Crippen LogP contribution < -0.4 is 5.32 Å². The molecule has 17 heavy (non-hydrogen) atoms. The van der Waals surface area contributed by atoms with Gasteiger partial charge in [-0.2, -0.15) is 5.10 Å². The molecule has 1 heterocycles. The molecule has 0 bridgehead atoms. The number of aromatic amines is 1. The molecule has 0 aromatic carbocycles. The highest BCUT2D eigenvalue weighted by Crippen LogP contribution is 2.19. The fourth-order valence-electron chi connectivity index (χ4n) is 1.13. The van der Waals surface area contributed by atoms with Gasteiger partial charge in [-0.25, -0.2) is 0 Å². The maximum absolute atomic E-state index is 11.5. The summed E-state index contributed by atoms with van der Waals surface area (Å²) < 4.78 is 0. The summed E-state index contributed by atoms with van der Waals surface area (Å²) in [5, 5.41) is 27.1. The van der Waals surface area contributed by atoms with Crippen molar-refractivity contribution in [2.45, 2.75) is 19.9 Å². The van der Waals surface area contributed by atoms with E-state index in [-0.39, 0.29) is 5.69 Å². The zero-order chi connectivity index (χ0) is 13.2. The number of aliphatic carboxylic acids is 1. The van der Waals surface area contributed by atoms with Crippen molar-refractivity contribution in [2.75, 3.05) is 0 Å². The minimum Gasteiger partial charge on any atom is -0.480 e. The van der Waals surface area contributed by atoms with Gasteiger partial charge in [-0.3, -0.25) is 24.8 Å². The number of hydrogen-bond acceptors (Lipinski definition) is 5. The molecule has 0 aliphatic rings. The van der Waals surface area contributed by atoms with Crippen LogP contribution in [-0.4, -0.2) is 38.1 Å². The maximum Gasteiger partial charge on any atom is 0.325 e. The molecule has 1 aromatic rings. The summed E-state index contributed by atoms with van der Waals surface area (Å²) in [5.41, 5.74) is -0.760. The van der Waals surface area contributed by atoms with E-state index in [1.54, 1.807) is 0 Å². The van der Waals surface area contributed by atoms with Gasteiger partial charge in [-0.15, -0.1) is 0 Å². The molecule has 0 fully saturated rings. The van der Waals surface area contributed by atoms with Crippen LogP contribution in [0.3, 0.4) is 0 Å². The molecule has 92 valence electrons. The zero-order valence-electron chi connectivity index (χ0n) is 9.05. The number of amides is 1. The molecule has 1 amide bonds. The van der Waals surface area contributed by atoms with Crippen molar-refractivity contribution in [3.05, 3.63) is 21.5 Å². The maximum atomic E-state index is 11.5. The molecule has 9 nitrogen and oxygen atoms in total. The highest BCUT2D eigenvalue weighted by molar-refractivity contribution is 5.98. The first-order chi connectivity index (χ1) is 7.84. The van der Waals surface area contributed by atoms with Crippen molar-refractivity contribution in [3.8, 4) is 0 Å². The van der Waals surface area contributed by atoms with Gasteiger partial charge in [0.25, 0.3) is 5.91 Å². The molecule has 0 aliphatic heterocycles. The number of aromatic nitrogens is 2. The van der Waals surface area contributed by atoms with Crippen LogP contribution in [0.1, 0.15) is 23.1 Å². The summed E-state index contributed by atoms with van der Waals surface area (Å²) in [6.07, 6.45) is 0. The average molecular weight is 242 g/mol. The summed E-state index contributed by atoms with van der Waals surface area (Å²) >= 11 is 0. The molecule has 9 heteroatoms. The Balaban J connectivity index is 2.97. The van der Waals surface area contributed by atoms with Crippen molar-refractivity contribution in [3.63, 3.8) is 0 Å². The lowest BCUT2D eigenvalue weighted by molar-refractivity contribution is -0.385. The third-order valence-corrected chi connectivity index (χ3v) is 2.03. The number of carboxylic acids is 1. The number of carbonyl (C=O) groups is 2. The Morgan fingerprint density at radius 1 is 1.59 bits per heavy atom. The number of aryl methyl sites for hydroxylation is 1. The first-order valence-corrected chi connectivity index (χ1v) is 4.57. The molecule has 1 atom stereocenters. The van der Waals surface area contributed by atoms with Crippen LogP contribution in [0.15, 0.2) is 0 Å². The monoisotopic (exact) mass is 242 g/mol. The summed E-state index contributed by atoms with van der Waals surface area (Å²) in [5.74, 6) is -2.15. The molecule has 0 radical (unpaired) electrons. The Hall–Kier alpha value is -2.45. The minimum atomic E-state index is -1.24. The van der Waals surface area contributed by atoms with Crippen molar-refractivity contribution in [2.24, 2.45) is 0 Å². The third-order valence-electron chi connectivity index (χ3n) is 2.03. The molecular formula is C8H10N4O5. The van der Waals surface area contributed by atoms with E-state index in [4.69, 9.17) is 5.11 Å². The Morgan fingerprint density at radius 2 is 2.18 bits per heavy atom. The number of rotatable bonds is 4. The first-order valence-electron chi connectivity index (χ1n) is 4.57. The second-order valence-electron chi connectivity index (χ2n) is 3.34. The predicted molar refractivity (Wildman–Crippen MR) is 54.5 cm³/mol. The Labute approximate surface area is 95.0 Å². The molecule has 0 aliphatic carbocycles. The van der Waals surface area contributed by atoms with Gasteiger partial charge in [0.1, 0.15) is 11.7 Å². The van der Waals surface area contributed by atoms with Gasteiger partial charge in [-0.1, -0.05) is 0 Å². The van der Waals surface area contributed by atoms with Crippen LogP contribution >= 0.6 is 0 Å². The van der Waals surface area contributed by atoms with E-state index in [2.05, 4.69) is 15.5 Å². The molecule has 0 saturated carbocycles. The van der Waals surface area contributed by atoms with Gasteiger partial charge in [0.05, 0.1) is 4.92 Å². The molecule has 0 unspecified atom stereocenters. The molecular weight excluding hydrogens is 232 g/mol. The highest BCUT2D eigenvalue weighted by atomic mass is 16.6. The third kappa shape index (κ3) is 2.56. The number of nitrogens with zero attached hydrogens (tertiary/aromatic N) is 2. The summed E-state index contributed by atoms with van der Waals surface area (Å²) in [4.78, 5) is 32.0. The fourth-order valence-corrected chi connectivity index (χ4v) is 1.13. The van der Waals surface area contributed by atoms with E-state index in [0.717, 1.165) is 0 Å². The van der Waals surface area contributed by atoms with Crippen LogP contribution in [0.4, 0.5) is 5.69 Å². The van der Waals surface area contributed by atoms with Gasteiger partial charge in [0.15, 0.2) is 0 Å². The highest BCUT2D eigenvalue weighted by Gasteiger charge is 2.28. The predicted octanol–water partition coefficient (Wildman–Crippen LogP) is -0.171. The van der Waals surface area contributed by atoms with Crippen molar-refractivity contribution in [1.82, 2.24) is 15.5 Å². The van der Waals surface area contributed by atoms with E-state index < -0.39 is 34.2 Å². The Kier molecular flexibility index (Phi) is 3.41. The number of nitro groups is 1. The zero-order valence-corrected chi connectivity index (χ0v) is 9.05. The van der Waals surface area contributed by atoms with Gasteiger partial charge in [0.2, 0.25) is 5.69 Å². The van der Waals surface area contributed by atoms with E-state index in [9.17, 15) is 19.7 Å². The Bertz CT molecular complexity index is 480. The largest absolute Gasteiger partial charge is 0.480 e. The van der Waals surface area contributed by atoms with Gasteiger partial charge < -0.3 is 10.4 Å². The number of H-pyrrole nitrogens is 1. The summed E-state index contributed by atoms with van der Waals surface area (Å²) in [6, 6.07) is -1.15. The summed E-state index contributed by atoms with van der Waals surface area (Å²) in [7, 11) is 0. The minimum absolute atomic E-state index is 0.128. The molecule has 1 rings (SSSR count). The molecule has 0 spiro atoms. The van der Waals surface area contributed by atoms with Crippen molar-refractivity contribution >= 4 is 17.6 Å². The standard InChI is InChI=1S/C8H10N4O5/c1-3-6(12(16)17)5(11-10-3)7(13)9-4(2)8(14)15/h4H,1-2H3,(H,9,13)(H,10,11)(H,14,15)/t4-/m1/s1. The first kappa shape index (κ1) is 12.6. The number of hydrogen-bond donors (Lipinski definition) is 3. The van der Waals surface area contributed by atoms with E-state index >= 15 is 0 Å². The van der Waals surface area contributed by atoms with Crippen LogP contribution in [0.5, 0.6) is 0 Å². The molecule has 3 N–H and O–H groups in total. The smallest absolute Gasteiger partial charge is 0.325 e. The Morgan fingerprint density at radius 3 is 2.65 bits per heavy atom. The quantitative estimate of drug-likeness (QED) is 0.494. The lowest BCUT2D eigenvalue weighted by Crippen LogP contribution is -2.38. The van der Waals surface area contributed by atoms with Crippen molar-refractivity contribution in [1.29, 1.82) is 0 Å². The average Bonchev–Trinajstić information content (AvgIpc) is 2.59. The van der Waals surface area contributed by atoms with E-state index in [1.165, 1.54) is 13.8 Å². The topological polar surface area (TPSA) is 138 Å². The second kappa shape index (κ2) is 4.60. The van der Waals surface area contributed by atoms with E-state index in [0.29, 0.717) is 0 Å². The van der Waals surface area contributed by atoms with Crippen LogP contribution in [-0.2, 0) is 4.79 Å². The molecule has 1 aromatic heterocycles.